The molecule has 3 amide bonds. The fraction of sp³-hybridized carbons (Fsp3) is 0.200. The lowest BCUT2D eigenvalue weighted by molar-refractivity contribution is -0.113. The van der Waals surface area contributed by atoms with Gasteiger partial charge in [-0.25, -0.2) is 4.79 Å². The van der Waals surface area contributed by atoms with Gasteiger partial charge in [0.1, 0.15) is 0 Å². The van der Waals surface area contributed by atoms with Crippen LogP contribution >= 0.6 is 15.9 Å². The van der Waals surface area contributed by atoms with E-state index in [-0.39, 0.29) is 11.9 Å². The van der Waals surface area contributed by atoms with Crippen LogP contribution in [-0.4, -0.2) is 23.9 Å². The van der Waals surface area contributed by atoms with Crippen molar-refractivity contribution in [2.24, 2.45) is 0 Å². The number of benzene rings is 2. The molecule has 1 atom stereocenters. The third kappa shape index (κ3) is 3.65. The van der Waals surface area contributed by atoms with E-state index < -0.39 is 6.04 Å². The largest absolute Gasteiger partial charge is 0.327 e. The Morgan fingerprint density at radius 3 is 2.31 bits per heavy atom. The van der Waals surface area contributed by atoms with Crippen molar-refractivity contribution < 1.29 is 9.59 Å². The van der Waals surface area contributed by atoms with Crippen LogP contribution in [0.4, 0.5) is 10.5 Å². The molecule has 6 heteroatoms. The fourth-order valence-electron chi connectivity index (χ4n) is 2.87. The molecule has 2 N–H and O–H groups in total. The zero-order valence-corrected chi connectivity index (χ0v) is 16.4. The standard InChI is InChI=1S/C20H20BrN3O2/c1-12-4-10-16(11-5-12)22-19(25)17-13(2)24(3)20(26)23-18(17)14-6-8-15(21)9-7-14/h4-11,18H,1-3H3,(H,22,25)(H,23,26)/t18-/m0/s1. The lowest BCUT2D eigenvalue weighted by Gasteiger charge is -2.33. The lowest BCUT2D eigenvalue weighted by Crippen LogP contribution is -2.46. The molecule has 0 spiro atoms. The summed E-state index contributed by atoms with van der Waals surface area (Å²) in [6, 6.07) is 14.5. The van der Waals surface area contributed by atoms with Crippen LogP contribution in [0.2, 0.25) is 0 Å². The molecule has 2 aromatic rings. The Bertz CT molecular complexity index is 873. The summed E-state index contributed by atoms with van der Waals surface area (Å²) in [5, 5.41) is 5.84. The number of halogens is 1. The van der Waals surface area contributed by atoms with Gasteiger partial charge in [-0.1, -0.05) is 45.8 Å². The fourth-order valence-corrected chi connectivity index (χ4v) is 3.13. The van der Waals surface area contributed by atoms with E-state index in [0.717, 1.165) is 21.3 Å². The number of amides is 3. The van der Waals surface area contributed by atoms with Crippen molar-refractivity contribution in [3.8, 4) is 0 Å². The molecule has 0 fully saturated rings. The minimum absolute atomic E-state index is 0.230. The highest BCUT2D eigenvalue weighted by atomic mass is 79.9. The first-order valence-electron chi connectivity index (χ1n) is 8.25. The molecule has 0 radical (unpaired) electrons. The monoisotopic (exact) mass is 413 g/mol. The van der Waals surface area contributed by atoms with E-state index in [1.807, 2.05) is 55.5 Å². The number of carbonyl (C=O) groups is 2. The molecule has 1 aliphatic rings. The van der Waals surface area contributed by atoms with Crippen molar-refractivity contribution in [1.29, 1.82) is 0 Å². The number of nitrogens with zero attached hydrogens (tertiary/aromatic N) is 1. The summed E-state index contributed by atoms with van der Waals surface area (Å²) >= 11 is 3.41. The third-order valence-corrected chi connectivity index (χ3v) is 5.04. The number of hydrogen-bond acceptors (Lipinski definition) is 2. The smallest absolute Gasteiger partial charge is 0.322 e. The van der Waals surface area contributed by atoms with Gasteiger partial charge in [-0.3, -0.25) is 4.79 Å². The molecular formula is C20H20BrN3O2. The maximum Gasteiger partial charge on any atom is 0.322 e. The van der Waals surface area contributed by atoms with E-state index in [1.54, 1.807) is 14.0 Å². The Labute approximate surface area is 161 Å². The van der Waals surface area contributed by atoms with Crippen molar-refractivity contribution in [2.45, 2.75) is 19.9 Å². The zero-order chi connectivity index (χ0) is 18.8. The first-order chi connectivity index (χ1) is 12.4. The van der Waals surface area contributed by atoms with Crippen LogP contribution in [0, 0.1) is 6.92 Å². The van der Waals surface area contributed by atoms with Crippen molar-refractivity contribution in [3.63, 3.8) is 0 Å². The number of allylic oxidation sites excluding steroid dienone is 1. The molecule has 0 saturated heterocycles. The summed E-state index contributed by atoms with van der Waals surface area (Å²) < 4.78 is 0.937. The second-order valence-electron chi connectivity index (χ2n) is 6.31. The van der Waals surface area contributed by atoms with Crippen molar-refractivity contribution in [2.75, 3.05) is 12.4 Å². The van der Waals surface area contributed by atoms with Gasteiger partial charge < -0.3 is 15.5 Å². The predicted octanol–water partition coefficient (Wildman–Crippen LogP) is 4.37. The quantitative estimate of drug-likeness (QED) is 0.784. The highest BCUT2D eigenvalue weighted by Gasteiger charge is 2.34. The summed E-state index contributed by atoms with van der Waals surface area (Å²) in [5.74, 6) is -0.230. The van der Waals surface area contributed by atoms with Crippen LogP contribution < -0.4 is 10.6 Å². The van der Waals surface area contributed by atoms with E-state index in [2.05, 4.69) is 26.6 Å². The molecule has 1 heterocycles. The molecule has 2 aromatic carbocycles. The average Bonchev–Trinajstić information content (AvgIpc) is 2.62. The second-order valence-corrected chi connectivity index (χ2v) is 7.23. The molecule has 26 heavy (non-hydrogen) atoms. The van der Waals surface area contributed by atoms with Gasteiger partial charge in [0.05, 0.1) is 11.6 Å². The van der Waals surface area contributed by atoms with Gasteiger partial charge in [0.15, 0.2) is 0 Å². The van der Waals surface area contributed by atoms with E-state index in [9.17, 15) is 9.59 Å². The average molecular weight is 414 g/mol. The summed E-state index contributed by atoms with van der Waals surface area (Å²) in [4.78, 5) is 26.7. The van der Waals surface area contributed by atoms with Gasteiger partial charge in [-0.15, -0.1) is 0 Å². The van der Waals surface area contributed by atoms with Crippen LogP contribution in [-0.2, 0) is 4.79 Å². The highest BCUT2D eigenvalue weighted by Crippen LogP contribution is 2.31. The van der Waals surface area contributed by atoms with E-state index in [1.165, 1.54) is 4.90 Å². The van der Waals surface area contributed by atoms with Gasteiger partial charge >= 0.3 is 6.03 Å². The second kappa shape index (κ2) is 7.33. The van der Waals surface area contributed by atoms with Gasteiger partial charge in [-0.05, 0) is 43.7 Å². The molecular weight excluding hydrogens is 394 g/mol. The van der Waals surface area contributed by atoms with Crippen LogP contribution in [0.1, 0.15) is 24.1 Å². The maximum absolute atomic E-state index is 13.0. The van der Waals surface area contributed by atoms with Crippen LogP contribution in [0.5, 0.6) is 0 Å². The van der Waals surface area contributed by atoms with Gasteiger partial charge in [0.2, 0.25) is 0 Å². The minimum atomic E-state index is -0.503. The van der Waals surface area contributed by atoms with Crippen LogP contribution in [0.25, 0.3) is 0 Å². The molecule has 0 aliphatic carbocycles. The van der Waals surface area contributed by atoms with E-state index >= 15 is 0 Å². The first kappa shape index (κ1) is 18.2. The molecule has 5 nitrogen and oxygen atoms in total. The summed E-state index contributed by atoms with van der Waals surface area (Å²) in [7, 11) is 1.65. The number of carbonyl (C=O) groups excluding carboxylic acids is 2. The van der Waals surface area contributed by atoms with Gasteiger partial charge in [0.25, 0.3) is 5.91 Å². The van der Waals surface area contributed by atoms with Crippen molar-refractivity contribution in [1.82, 2.24) is 10.2 Å². The van der Waals surface area contributed by atoms with E-state index in [0.29, 0.717) is 11.3 Å². The molecule has 0 unspecified atom stereocenters. The molecule has 3 rings (SSSR count). The number of urea groups is 1. The molecule has 1 aliphatic heterocycles. The zero-order valence-electron chi connectivity index (χ0n) is 14.8. The van der Waals surface area contributed by atoms with Crippen molar-refractivity contribution >= 4 is 33.6 Å². The SMILES string of the molecule is CC1=C(C(=O)Nc2ccc(C)cc2)[C@H](c2ccc(Br)cc2)NC(=O)N1C. The Kier molecular flexibility index (Phi) is 5.13. The molecule has 134 valence electrons. The van der Waals surface area contributed by atoms with E-state index in [4.69, 9.17) is 0 Å². The summed E-state index contributed by atoms with van der Waals surface area (Å²) in [6.07, 6.45) is 0. The lowest BCUT2D eigenvalue weighted by atomic mass is 9.94. The molecule has 0 bridgehead atoms. The van der Waals surface area contributed by atoms with Crippen molar-refractivity contribution in [3.05, 3.63) is 75.4 Å². The maximum atomic E-state index is 13.0. The topological polar surface area (TPSA) is 61.4 Å². The predicted molar refractivity (Wildman–Crippen MR) is 106 cm³/mol. The van der Waals surface area contributed by atoms with Crippen LogP contribution in [0.15, 0.2) is 64.3 Å². The Hall–Kier alpha value is -2.60. The molecule has 0 aromatic heterocycles. The minimum Gasteiger partial charge on any atom is -0.327 e. The van der Waals surface area contributed by atoms with Gasteiger partial charge in [-0.2, -0.15) is 0 Å². The number of aryl methyl sites for hydroxylation is 1. The number of anilines is 1. The number of hydrogen-bond donors (Lipinski definition) is 2. The summed E-state index contributed by atoms with van der Waals surface area (Å²) in [6.45, 7) is 3.78. The number of nitrogens with one attached hydrogen (secondary N) is 2. The Morgan fingerprint density at radius 1 is 1.08 bits per heavy atom. The Balaban J connectivity index is 1.97. The molecule has 0 saturated carbocycles. The first-order valence-corrected chi connectivity index (χ1v) is 9.04. The number of rotatable bonds is 3. The summed E-state index contributed by atoms with van der Waals surface area (Å²) in [5.41, 5.74) is 3.84. The third-order valence-electron chi connectivity index (χ3n) is 4.51. The Morgan fingerprint density at radius 2 is 1.69 bits per heavy atom. The van der Waals surface area contributed by atoms with Crippen LogP contribution in [0.3, 0.4) is 0 Å². The normalized spacial score (nSPS) is 17.2. The van der Waals surface area contributed by atoms with Gasteiger partial charge in [0, 0.05) is 22.9 Å². The highest BCUT2D eigenvalue weighted by molar-refractivity contribution is 9.10.